The summed E-state index contributed by atoms with van der Waals surface area (Å²) in [5.74, 6) is -0.648. The molecule has 4 aliphatic rings. The molecule has 0 aromatic heterocycles. The zero-order valence-corrected chi connectivity index (χ0v) is 15.3. The second-order valence-corrected chi connectivity index (χ2v) is 9.89. The van der Waals surface area contributed by atoms with Crippen molar-refractivity contribution in [3.8, 4) is 0 Å². The molecule has 0 heterocycles. The molecule has 4 saturated carbocycles. The van der Waals surface area contributed by atoms with Crippen LogP contribution in [0.15, 0.2) is 0 Å². The van der Waals surface area contributed by atoms with Crippen molar-refractivity contribution in [3.63, 3.8) is 0 Å². The Hall–Kier alpha value is -0.940. The number of carbonyl (C=O) groups excluding carboxylic acids is 1. The molecule has 4 aliphatic carbocycles. The summed E-state index contributed by atoms with van der Waals surface area (Å²) in [5.41, 5.74) is -2.71. The van der Waals surface area contributed by atoms with Gasteiger partial charge in [0.25, 0.3) is 0 Å². The van der Waals surface area contributed by atoms with Gasteiger partial charge >= 0.3 is 5.97 Å². The summed E-state index contributed by atoms with van der Waals surface area (Å²) in [4.78, 5) is 25.4. The third-order valence-electron chi connectivity index (χ3n) is 8.94. The number of hydrogen-bond acceptors (Lipinski definition) is 4. The lowest BCUT2D eigenvalue weighted by Gasteiger charge is -2.62. The van der Waals surface area contributed by atoms with Gasteiger partial charge < -0.3 is 15.3 Å². The van der Waals surface area contributed by atoms with Gasteiger partial charge in [-0.1, -0.05) is 13.3 Å². The average molecular weight is 350 g/mol. The Bertz CT molecular complexity index is 632. The maximum absolute atomic E-state index is 13.3. The minimum absolute atomic E-state index is 0.00713. The molecular formula is C20H30O5. The van der Waals surface area contributed by atoms with Crippen LogP contribution in [0, 0.1) is 34.0 Å². The molecule has 0 aliphatic heterocycles. The highest BCUT2D eigenvalue weighted by Gasteiger charge is 2.71. The lowest BCUT2D eigenvalue weighted by Crippen LogP contribution is -2.61. The second kappa shape index (κ2) is 5.07. The Morgan fingerprint density at radius 1 is 1.20 bits per heavy atom. The van der Waals surface area contributed by atoms with Crippen molar-refractivity contribution in [2.24, 2.45) is 34.0 Å². The molecule has 5 heteroatoms. The van der Waals surface area contributed by atoms with E-state index >= 15 is 0 Å². The third kappa shape index (κ3) is 1.97. The Labute approximate surface area is 148 Å². The number of Topliss-reactive ketones (excluding diaryl/α,β-unsaturated/α-hetero) is 1. The van der Waals surface area contributed by atoms with Crippen molar-refractivity contribution >= 4 is 11.8 Å². The molecule has 0 radical (unpaired) electrons. The van der Waals surface area contributed by atoms with Crippen LogP contribution in [0.4, 0.5) is 0 Å². The number of ketones is 1. The highest BCUT2D eigenvalue weighted by Crippen LogP contribution is 2.71. The largest absolute Gasteiger partial charge is 0.481 e. The molecule has 25 heavy (non-hydrogen) atoms. The summed E-state index contributed by atoms with van der Waals surface area (Å²) < 4.78 is 0. The first-order valence-corrected chi connectivity index (χ1v) is 9.72. The molecule has 2 bridgehead atoms. The van der Waals surface area contributed by atoms with E-state index in [1.807, 2.05) is 6.92 Å². The third-order valence-corrected chi connectivity index (χ3v) is 8.94. The summed E-state index contributed by atoms with van der Waals surface area (Å²) in [5, 5.41) is 30.6. The summed E-state index contributed by atoms with van der Waals surface area (Å²) >= 11 is 0. The summed E-state index contributed by atoms with van der Waals surface area (Å²) in [6, 6.07) is 0. The number of aliphatic carboxylic acids is 1. The highest BCUT2D eigenvalue weighted by molar-refractivity contribution is 5.89. The minimum atomic E-state index is -1.14. The van der Waals surface area contributed by atoms with E-state index in [0.717, 1.165) is 25.7 Å². The van der Waals surface area contributed by atoms with E-state index in [0.29, 0.717) is 25.7 Å². The van der Waals surface area contributed by atoms with Crippen LogP contribution in [0.5, 0.6) is 0 Å². The summed E-state index contributed by atoms with van der Waals surface area (Å²) in [6.45, 7) is 3.74. The van der Waals surface area contributed by atoms with Crippen LogP contribution in [0.3, 0.4) is 0 Å². The van der Waals surface area contributed by atoms with E-state index in [4.69, 9.17) is 0 Å². The average Bonchev–Trinajstić information content (AvgIpc) is 2.78. The van der Waals surface area contributed by atoms with Crippen LogP contribution in [0.2, 0.25) is 0 Å². The first-order chi connectivity index (χ1) is 11.6. The van der Waals surface area contributed by atoms with E-state index < -0.39 is 22.4 Å². The van der Waals surface area contributed by atoms with E-state index in [1.54, 1.807) is 0 Å². The molecule has 0 amide bonds. The van der Waals surface area contributed by atoms with Gasteiger partial charge in [0, 0.05) is 11.8 Å². The predicted molar refractivity (Wildman–Crippen MR) is 90.7 cm³/mol. The van der Waals surface area contributed by atoms with Crippen LogP contribution in [0.1, 0.15) is 65.2 Å². The lowest BCUT2D eigenvalue weighted by molar-refractivity contribution is -0.185. The smallest absolute Gasteiger partial charge is 0.309 e. The van der Waals surface area contributed by atoms with Gasteiger partial charge in [0.15, 0.2) is 0 Å². The number of rotatable bonds is 2. The number of carboxylic acids is 1. The Morgan fingerprint density at radius 3 is 2.56 bits per heavy atom. The number of hydrogen-bond donors (Lipinski definition) is 3. The Morgan fingerprint density at radius 2 is 1.92 bits per heavy atom. The molecular weight excluding hydrogens is 320 g/mol. The van der Waals surface area contributed by atoms with Gasteiger partial charge in [-0.2, -0.15) is 0 Å². The van der Waals surface area contributed by atoms with Crippen LogP contribution >= 0.6 is 0 Å². The van der Waals surface area contributed by atoms with Crippen LogP contribution in [-0.4, -0.2) is 39.3 Å². The maximum Gasteiger partial charge on any atom is 0.309 e. The fourth-order valence-corrected chi connectivity index (χ4v) is 7.66. The first-order valence-electron chi connectivity index (χ1n) is 9.72. The molecule has 4 rings (SSSR count). The number of aliphatic hydroxyl groups excluding tert-OH is 1. The molecule has 0 aromatic rings. The molecule has 3 N–H and O–H groups in total. The first kappa shape index (κ1) is 17.5. The van der Waals surface area contributed by atoms with Crippen molar-refractivity contribution in [1.29, 1.82) is 0 Å². The summed E-state index contributed by atoms with van der Waals surface area (Å²) in [7, 11) is 0. The Kier molecular flexibility index (Phi) is 3.54. The van der Waals surface area contributed by atoms with Gasteiger partial charge in [-0.05, 0) is 68.6 Å². The fraction of sp³-hybridized carbons (Fsp3) is 0.900. The lowest BCUT2D eigenvalue weighted by atomic mass is 9.40. The maximum atomic E-state index is 13.3. The fourth-order valence-electron chi connectivity index (χ4n) is 7.66. The quantitative estimate of drug-likeness (QED) is 0.711. The van der Waals surface area contributed by atoms with Crippen LogP contribution < -0.4 is 0 Å². The van der Waals surface area contributed by atoms with Crippen LogP contribution in [-0.2, 0) is 9.59 Å². The topological polar surface area (TPSA) is 94.8 Å². The zero-order valence-electron chi connectivity index (χ0n) is 15.3. The summed E-state index contributed by atoms with van der Waals surface area (Å²) in [6.07, 6.45) is 5.50. The van der Waals surface area contributed by atoms with Gasteiger partial charge in [-0.15, -0.1) is 0 Å². The van der Waals surface area contributed by atoms with Crippen molar-refractivity contribution in [2.75, 3.05) is 6.61 Å². The molecule has 1 spiro atoms. The van der Waals surface area contributed by atoms with Gasteiger partial charge in [0.2, 0.25) is 0 Å². The van der Waals surface area contributed by atoms with Crippen molar-refractivity contribution in [1.82, 2.24) is 0 Å². The molecule has 140 valence electrons. The van der Waals surface area contributed by atoms with E-state index in [-0.39, 0.29) is 35.6 Å². The van der Waals surface area contributed by atoms with Gasteiger partial charge in [0.1, 0.15) is 5.78 Å². The minimum Gasteiger partial charge on any atom is -0.481 e. The van der Waals surface area contributed by atoms with Crippen LogP contribution in [0.25, 0.3) is 0 Å². The van der Waals surface area contributed by atoms with E-state index in [9.17, 15) is 24.9 Å². The monoisotopic (exact) mass is 350 g/mol. The Balaban J connectivity index is 1.79. The highest BCUT2D eigenvalue weighted by atomic mass is 16.4. The molecule has 5 nitrogen and oxygen atoms in total. The molecule has 7 unspecified atom stereocenters. The van der Waals surface area contributed by atoms with Gasteiger partial charge in [0.05, 0.1) is 17.6 Å². The normalized spacial score (nSPS) is 54.7. The molecule has 0 aromatic carbocycles. The SMILES string of the molecule is CC1(C(=O)O)CCCC2(C)C1CC(=O)C13CC(CCC12)C(O)(CO)C3. The number of aliphatic hydroxyl groups is 2. The van der Waals surface area contributed by atoms with Crippen molar-refractivity contribution in [2.45, 2.75) is 70.8 Å². The van der Waals surface area contributed by atoms with E-state index in [2.05, 4.69) is 6.92 Å². The van der Waals surface area contributed by atoms with Crippen molar-refractivity contribution in [3.05, 3.63) is 0 Å². The zero-order chi connectivity index (χ0) is 18.3. The molecule has 0 saturated heterocycles. The van der Waals surface area contributed by atoms with E-state index in [1.165, 1.54) is 0 Å². The number of fused-ring (bicyclic) bond motifs is 3. The van der Waals surface area contributed by atoms with Gasteiger partial charge in [-0.3, -0.25) is 9.59 Å². The number of carbonyl (C=O) groups is 2. The molecule has 7 atom stereocenters. The standard InChI is InChI=1S/C20H30O5/c1-17-6-3-7-18(2,16(23)24)14(17)8-15(22)19-9-12(4-5-13(17)19)20(25,10-19)11-21/h12-14,21,25H,3-11H2,1-2H3,(H,23,24). The van der Waals surface area contributed by atoms with Crippen molar-refractivity contribution < 1.29 is 24.9 Å². The number of carboxylic acid groups (broad SMARTS) is 1. The van der Waals surface area contributed by atoms with Gasteiger partial charge in [-0.25, -0.2) is 0 Å². The predicted octanol–water partition coefficient (Wildman–Crippen LogP) is 2.39. The second-order valence-electron chi connectivity index (χ2n) is 9.89. The molecule has 4 fully saturated rings.